The fourth-order valence-electron chi connectivity index (χ4n) is 1.78. The highest BCUT2D eigenvalue weighted by Crippen LogP contribution is 2.21. The fraction of sp³-hybridized carbons (Fsp3) is 0.0714. The molecule has 1 aromatic rings. The predicted octanol–water partition coefficient (Wildman–Crippen LogP) is 2.29. The number of nitrogens with zero attached hydrogens (tertiary/aromatic N) is 1. The van der Waals surface area contributed by atoms with Gasteiger partial charge in [0.2, 0.25) is 0 Å². The molecule has 2 rings (SSSR count). The van der Waals surface area contributed by atoms with E-state index >= 15 is 0 Å². The quantitative estimate of drug-likeness (QED) is 0.402. The number of thiocarbonyl (C=S) groups is 1. The molecule has 1 fully saturated rings. The first-order valence-electron chi connectivity index (χ1n) is 5.89. The van der Waals surface area contributed by atoms with Crippen LogP contribution in [-0.2, 0) is 9.59 Å². The monoisotopic (exact) mass is 324 g/mol. The van der Waals surface area contributed by atoms with Crippen LogP contribution in [0.4, 0.5) is 4.39 Å². The molecule has 1 aliphatic rings. The van der Waals surface area contributed by atoms with Crippen LogP contribution in [0.15, 0.2) is 36.4 Å². The van der Waals surface area contributed by atoms with E-state index in [4.69, 9.17) is 23.8 Å². The van der Waals surface area contributed by atoms with E-state index in [9.17, 15) is 14.0 Å². The molecule has 4 nitrogen and oxygen atoms in total. The number of halogens is 2. The van der Waals surface area contributed by atoms with Crippen molar-refractivity contribution < 1.29 is 14.0 Å². The molecule has 0 radical (unpaired) electrons. The van der Waals surface area contributed by atoms with E-state index in [0.717, 1.165) is 11.0 Å². The maximum Gasteiger partial charge on any atom is 0.265 e. The Morgan fingerprint density at radius 1 is 1.43 bits per heavy atom. The predicted molar refractivity (Wildman–Crippen MR) is 82.0 cm³/mol. The molecule has 2 amide bonds. The molecule has 1 N–H and O–H groups in total. The number of hydrogen-bond acceptors (Lipinski definition) is 3. The summed E-state index contributed by atoms with van der Waals surface area (Å²) < 4.78 is 13.9. The van der Waals surface area contributed by atoms with Gasteiger partial charge in [0.15, 0.2) is 5.11 Å². The Labute approximate surface area is 130 Å². The Bertz CT molecular complexity index is 688. The molecule has 1 heterocycles. The van der Waals surface area contributed by atoms with Crippen LogP contribution in [0.3, 0.4) is 0 Å². The van der Waals surface area contributed by atoms with Crippen molar-refractivity contribution in [3.8, 4) is 0 Å². The zero-order chi connectivity index (χ0) is 15.6. The minimum atomic E-state index is -0.698. The summed E-state index contributed by atoms with van der Waals surface area (Å²) in [5, 5.41) is 2.28. The van der Waals surface area contributed by atoms with Gasteiger partial charge in [0.1, 0.15) is 11.4 Å². The highest BCUT2D eigenvalue weighted by molar-refractivity contribution is 7.80. The van der Waals surface area contributed by atoms with Gasteiger partial charge < -0.3 is 0 Å². The number of carbonyl (C=O) groups is 2. The maximum atomic E-state index is 13.9. The van der Waals surface area contributed by atoms with Gasteiger partial charge in [-0.05, 0) is 24.4 Å². The molecule has 0 saturated carbocycles. The first-order chi connectivity index (χ1) is 9.95. The Hall–Kier alpha value is -2.05. The van der Waals surface area contributed by atoms with Crippen LogP contribution in [0.5, 0.6) is 0 Å². The molecule has 0 aromatic heterocycles. The van der Waals surface area contributed by atoms with E-state index in [1.165, 1.54) is 24.3 Å². The Morgan fingerprint density at radius 3 is 2.81 bits per heavy atom. The van der Waals surface area contributed by atoms with Crippen LogP contribution in [0.1, 0.15) is 5.56 Å². The molecule has 21 heavy (non-hydrogen) atoms. The molecule has 0 unspecified atom stereocenters. The molecule has 108 valence electrons. The molecule has 1 aromatic carbocycles. The molecule has 1 aliphatic heterocycles. The summed E-state index contributed by atoms with van der Waals surface area (Å²) in [5.41, 5.74) is -0.168. The van der Waals surface area contributed by atoms with Gasteiger partial charge in [-0.15, -0.1) is 6.58 Å². The molecule has 0 bridgehead atoms. The third-order valence-electron chi connectivity index (χ3n) is 2.78. The van der Waals surface area contributed by atoms with E-state index in [1.807, 2.05) is 0 Å². The van der Waals surface area contributed by atoms with Gasteiger partial charge in [-0.2, -0.15) is 0 Å². The Kier molecular flexibility index (Phi) is 4.50. The van der Waals surface area contributed by atoms with E-state index in [-0.39, 0.29) is 27.8 Å². The average molecular weight is 325 g/mol. The third-order valence-corrected chi connectivity index (χ3v) is 3.39. The number of rotatable bonds is 3. The smallest absolute Gasteiger partial charge is 0.265 e. The largest absolute Gasteiger partial charge is 0.298 e. The first kappa shape index (κ1) is 15.3. The Balaban J connectivity index is 2.45. The lowest BCUT2D eigenvalue weighted by Crippen LogP contribution is -2.53. The van der Waals surface area contributed by atoms with Gasteiger partial charge in [0.05, 0.1) is 5.02 Å². The van der Waals surface area contributed by atoms with Crippen molar-refractivity contribution >= 4 is 46.8 Å². The summed E-state index contributed by atoms with van der Waals surface area (Å²) in [6.07, 6.45) is 2.62. The standard InChI is InChI=1S/C14H10ClFN2O2S/c1-2-6-18-13(20)9(12(19)17-14(18)21)7-8-4-3-5-10(15)11(8)16/h2-5,7H,1,6H2,(H,17,19,21)/b9-7+. The number of carbonyl (C=O) groups excluding carboxylic acids is 2. The third kappa shape index (κ3) is 3.01. The van der Waals surface area contributed by atoms with Crippen LogP contribution in [0, 0.1) is 5.82 Å². The van der Waals surface area contributed by atoms with E-state index < -0.39 is 17.6 Å². The van der Waals surface area contributed by atoms with E-state index in [1.54, 1.807) is 0 Å². The van der Waals surface area contributed by atoms with Crippen molar-refractivity contribution in [3.63, 3.8) is 0 Å². The highest BCUT2D eigenvalue weighted by atomic mass is 35.5. The maximum absolute atomic E-state index is 13.9. The van der Waals surface area contributed by atoms with Gasteiger partial charge in [0.25, 0.3) is 11.8 Å². The second-order valence-corrected chi connectivity index (χ2v) is 4.96. The summed E-state index contributed by atoms with van der Waals surface area (Å²) in [6.45, 7) is 3.66. The number of amides is 2. The highest BCUT2D eigenvalue weighted by Gasteiger charge is 2.32. The van der Waals surface area contributed by atoms with Crippen LogP contribution < -0.4 is 5.32 Å². The first-order valence-corrected chi connectivity index (χ1v) is 6.68. The lowest BCUT2D eigenvalue weighted by Gasteiger charge is -2.27. The second kappa shape index (κ2) is 6.15. The van der Waals surface area contributed by atoms with Crippen molar-refractivity contribution in [3.05, 3.63) is 52.8 Å². The topological polar surface area (TPSA) is 49.4 Å². The van der Waals surface area contributed by atoms with Crippen molar-refractivity contribution in [2.45, 2.75) is 0 Å². The number of benzene rings is 1. The molecule has 1 saturated heterocycles. The minimum Gasteiger partial charge on any atom is -0.298 e. The summed E-state index contributed by atoms with van der Waals surface area (Å²) in [5.74, 6) is -1.98. The van der Waals surface area contributed by atoms with Gasteiger partial charge in [-0.25, -0.2) is 4.39 Å². The van der Waals surface area contributed by atoms with Gasteiger partial charge in [-0.3, -0.25) is 19.8 Å². The van der Waals surface area contributed by atoms with Crippen LogP contribution in [0.2, 0.25) is 5.02 Å². The fourth-order valence-corrected chi connectivity index (χ4v) is 2.21. The van der Waals surface area contributed by atoms with E-state index in [0.29, 0.717) is 0 Å². The zero-order valence-corrected chi connectivity index (χ0v) is 12.3. The SMILES string of the molecule is C=CCN1C(=O)/C(=C/c2cccc(Cl)c2F)C(=O)NC1=S. The molecule has 0 spiro atoms. The Morgan fingerprint density at radius 2 is 2.14 bits per heavy atom. The van der Waals surface area contributed by atoms with Gasteiger partial charge in [0, 0.05) is 12.1 Å². The summed E-state index contributed by atoms with van der Waals surface area (Å²) in [4.78, 5) is 25.3. The van der Waals surface area contributed by atoms with Crippen molar-refractivity contribution in [1.29, 1.82) is 0 Å². The molecule has 0 aliphatic carbocycles. The lowest BCUT2D eigenvalue weighted by atomic mass is 10.1. The van der Waals surface area contributed by atoms with Crippen LogP contribution in [0.25, 0.3) is 6.08 Å². The van der Waals surface area contributed by atoms with Gasteiger partial charge in [-0.1, -0.05) is 29.8 Å². The van der Waals surface area contributed by atoms with Crippen LogP contribution >= 0.6 is 23.8 Å². The normalized spacial score (nSPS) is 17.1. The van der Waals surface area contributed by atoms with Gasteiger partial charge >= 0.3 is 0 Å². The number of nitrogens with one attached hydrogen (secondary N) is 1. The van der Waals surface area contributed by atoms with E-state index in [2.05, 4.69) is 11.9 Å². The summed E-state index contributed by atoms with van der Waals surface area (Å²) >= 11 is 10.6. The summed E-state index contributed by atoms with van der Waals surface area (Å²) in [6, 6.07) is 4.31. The molecular weight excluding hydrogens is 315 g/mol. The molecule has 0 atom stereocenters. The number of hydrogen-bond donors (Lipinski definition) is 1. The second-order valence-electron chi connectivity index (χ2n) is 4.16. The summed E-state index contributed by atoms with van der Waals surface area (Å²) in [7, 11) is 0. The zero-order valence-electron chi connectivity index (χ0n) is 10.7. The lowest BCUT2D eigenvalue weighted by molar-refractivity contribution is -0.128. The molecule has 7 heteroatoms. The van der Waals surface area contributed by atoms with Crippen molar-refractivity contribution in [1.82, 2.24) is 10.2 Å². The average Bonchev–Trinajstić information content (AvgIpc) is 2.44. The molecular formula is C14H10ClFN2O2S. The van der Waals surface area contributed by atoms with Crippen molar-refractivity contribution in [2.24, 2.45) is 0 Å². The van der Waals surface area contributed by atoms with Crippen LogP contribution in [-0.4, -0.2) is 28.4 Å². The van der Waals surface area contributed by atoms with Crippen molar-refractivity contribution in [2.75, 3.05) is 6.54 Å². The minimum absolute atomic E-state index is 0.00591.